The zero-order valence-electron chi connectivity index (χ0n) is 30.0. The van der Waals surface area contributed by atoms with Crippen LogP contribution in [0.3, 0.4) is 0 Å². The third-order valence-electron chi connectivity index (χ3n) is 8.31. The number of ether oxygens (including phenoxy) is 3. The molecule has 2 aromatic rings. The van der Waals surface area contributed by atoms with E-state index >= 15 is 0 Å². The predicted octanol–water partition coefficient (Wildman–Crippen LogP) is 10.0. The number of carbonyl (C=O) groups is 3. The van der Waals surface area contributed by atoms with Gasteiger partial charge in [0.2, 0.25) is 5.91 Å². The standard InChI is InChI=1S/C36H56N4O6S/c1-10-16-18-26(12-3)22-40(23-27(13-4)19-17-11-2)30-20-28(37-25(8)41)29(21-31(30)44-9)38-39-34-32(35(42)45-14-5)24(7)33(47-34)36(43)46-15-6/h20-21,26-27H,10-19,22-23H2,1-9H3,(H,37,41). The molecule has 0 bridgehead atoms. The summed E-state index contributed by atoms with van der Waals surface area (Å²) in [5, 5.41) is 12.1. The van der Waals surface area contributed by atoms with Crippen molar-refractivity contribution in [1.29, 1.82) is 0 Å². The molecule has 1 aromatic heterocycles. The van der Waals surface area contributed by atoms with Gasteiger partial charge in [0.25, 0.3) is 0 Å². The van der Waals surface area contributed by atoms with Crippen molar-refractivity contribution in [2.24, 2.45) is 22.1 Å². The third-order valence-corrected chi connectivity index (χ3v) is 9.47. The van der Waals surface area contributed by atoms with Gasteiger partial charge in [-0.3, -0.25) is 4.79 Å². The largest absolute Gasteiger partial charge is 0.494 e. The second-order valence-corrected chi connectivity index (χ2v) is 12.8. The number of thiophene rings is 1. The van der Waals surface area contributed by atoms with Crippen molar-refractivity contribution in [1.82, 2.24) is 0 Å². The highest BCUT2D eigenvalue weighted by atomic mass is 32.1. The van der Waals surface area contributed by atoms with Gasteiger partial charge in [-0.1, -0.05) is 66.2 Å². The highest BCUT2D eigenvalue weighted by Gasteiger charge is 2.27. The minimum Gasteiger partial charge on any atom is -0.494 e. The number of rotatable bonds is 21. The Morgan fingerprint density at radius 2 is 1.45 bits per heavy atom. The first-order valence-corrected chi connectivity index (χ1v) is 18.0. The zero-order valence-corrected chi connectivity index (χ0v) is 30.8. The minimum atomic E-state index is -0.599. The molecule has 1 heterocycles. The Bertz CT molecular complexity index is 1320. The molecule has 1 aromatic carbocycles. The molecule has 0 spiro atoms. The van der Waals surface area contributed by atoms with Gasteiger partial charge in [-0.05, 0) is 57.1 Å². The molecule has 0 aliphatic heterocycles. The fourth-order valence-corrected chi connectivity index (χ4v) is 6.58. The van der Waals surface area contributed by atoms with E-state index in [-0.39, 0.29) is 34.6 Å². The van der Waals surface area contributed by atoms with E-state index in [2.05, 4.69) is 48.1 Å². The Kier molecular flexibility index (Phi) is 17.5. The summed E-state index contributed by atoms with van der Waals surface area (Å²) in [6.07, 6.45) is 9.13. The summed E-state index contributed by atoms with van der Waals surface area (Å²) in [6, 6.07) is 3.69. The van der Waals surface area contributed by atoms with E-state index < -0.39 is 11.9 Å². The van der Waals surface area contributed by atoms with Crippen LogP contribution < -0.4 is 15.0 Å². The summed E-state index contributed by atoms with van der Waals surface area (Å²) >= 11 is 1.01. The first-order chi connectivity index (χ1) is 22.6. The van der Waals surface area contributed by atoms with Crippen LogP contribution in [-0.4, -0.2) is 51.3 Å². The number of benzene rings is 1. The minimum absolute atomic E-state index is 0.162. The van der Waals surface area contributed by atoms with Gasteiger partial charge in [-0.25, -0.2) is 9.59 Å². The molecule has 2 atom stereocenters. The van der Waals surface area contributed by atoms with Crippen LogP contribution in [0.5, 0.6) is 5.75 Å². The molecular weight excluding hydrogens is 616 g/mol. The number of esters is 2. The first kappa shape index (κ1) is 39.7. The van der Waals surface area contributed by atoms with Crippen LogP contribution in [0.25, 0.3) is 0 Å². The van der Waals surface area contributed by atoms with Crippen LogP contribution in [0, 0.1) is 18.8 Å². The summed E-state index contributed by atoms with van der Waals surface area (Å²) in [6.45, 7) is 17.6. The monoisotopic (exact) mass is 672 g/mol. The van der Waals surface area contributed by atoms with Crippen LogP contribution in [0.2, 0.25) is 0 Å². The molecule has 262 valence electrons. The number of methoxy groups -OCH3 is 1. The number of azo groups is 1. The van der Waals surface area contributed by atoms with Crippen LogP contribution in [0.15, 0.2) is 22.4 Å². The van der Waals surface area contributed by atoms with Gasteiger partial charge in [-0.2, -0.15) is 0 Å². The van der Waals surface area contributed by atoms with Gasteiger partial charge < -0.3 is 24.4 Å². The van der Waals surface area contributed by atoms with Gasteiger partial charge in [0.05, 0.1) is 31.7 Å². The molecule has 0 aliphatic carbocycles. The molecule has 1 N–H and O–H groups in total. The molecule has 1 amide bonds. The molecule has 2 rings (SSSR count). The molecule has 11 heteroatoms. The van der Waals surface area contributed by atoms with Gasteiger partial charge in [0.1, 0.15) is 21.9 Å². The molecule has 0 aliphatic rings. The number of carbonyl (C=O) groups excluding carboxylic acids is 3. The number of amides is 1. The lowest BCUT2D eigenvalue weighted by atomic mass is 9.95. The summed E-state index contributed by atoms with van der Waals surface area (Å²) in [4.78, 5) is 40.7. The number of unbranched alkanes of at least 4 members (excludes halogenated alkanes) is 2. The molecule has 0 radical (unpaired) electrons. The third kappa shape index (κ3) is 11.6. The second-order valence-electron chi connectivity index (χ2n) is 11.8. The van der Waals surface area contributed by atoms with Crippen molar-refractivity contribution in [2.45, 2.75) is 107 Å². The van der Waals surface area contributed by atoms with Gasteiger partial charge >= 0.3 is 11.9 Å². The van der Waals surface area contributed by atoms with Crippen molar-refractivity contribution in [3.63, 3.8) is 0 Å². The van der Waals surface area contributed by atoms with Crippen molar-refractivity contribution in [2.75, 3.05) is 43.6 Å². The maximum atomic E-state index is 12.9. The van der Waals surface area contributed by atoms with Crippen LogP contribution >= 0.6 is 11.3 Å². The normalized spacial score (nSPS) is 12.5. The molecule has 47 heavy (non-hydrogen) atoms. The summed E-state index contributed by atoms with van der Waals surface area (Å²) in [7, 11) is 1.63. The van der Waals surface area contributed by atoms with Crippen molar-refractivity contribution >= 4 is 51.2 Å². The lowest BCUT2D eigenvalue weighted by Crippen LogP contribution is -2.34. The van der Waals surface area contributed by atoms with Crippen LogP contribution in [0.1, 0.15) is 125 Å². The first-order valence-electron chi connectivity index (χ1n) is 17.2. The molecule has 10 nitrogen and oxygen atoms in total. The average molecular weight is 673 g/mol. The van der Waals surface area contributed by atoms with Crippen molar-refractivity contribution in [3.8, 4) is 5.75 Å². The number of hydrogen-bond acceptors (Lipinski definition) is 10. The molecule has 2 unspecified atom stereocenters. The molecule has 0 saturated heterocycles. The Morgan fingerprint density at radius 1 is 0.872 bits per heavy atom. The fraction of sp³-hybridized carbons (Fsp3) is 0.639. The lowest BCUT2D eigenvalue weighted by Gasteiger charge is -2.34. The van der Waals surface area contributed by atoms with E-state index in [9.17, 15) is 14.4 Å². The fourth-order valence-electron chi connectivity index (χ4n) is 5.57. The summed E-state index contributed by atoms with van der Waals surface area (Å²) in [5.41, 5.74) is 2.31. The quantitative estimate of drug-likeness (QED) is 0.104. The predicted molar refractivity (Wildman–Crippen MR) is 191 cm³/mol. The maximum absolute atomic E-state index is 12.9. The molecule has 0 saturated carbocycles. The van der Waals surface area contributed by atoms with Gasteiger partial charge in [0.15, 0.2) is 5.00 Å². The highest BCUT2D eigenvalue weighted by Crippen LogP contribution is 2.42. The Labute approximate surface area is 285 Å². The molecular formula is C36H56N4O6S. The zero-order chi connectivity index (χ0) is 34.9. The van der Waals surface area contributed by atoms with E-state index in [0.717, 1.165) is 68.6 Å². The highest BCUT2D eigenvalue weighted by molar-refractivity contribution is 7.18. The number of anilines is 2. The molecule has 0 fully saturated rings. The summed E-state index contributed by atoms with van der Waals surface area (Å²) < 4.78 is 16.4. The SMILES string of the molecule is CCCCC(CC)CN(CC(CC)CCCC)c1cc(NC(C)=O)c(N=Nc2sc(C(=O)OCC)c(C)c2C(=O)OCC)cc1OC. The van der Waals surface area contributed by atoms with E-state index in [4.69, 9.17) is 14.2 Å². The van der Waals surface area contributed by atoms with E-state index in [1.54, 1.807) is 33.9 Å². The Hall–Kier alpha value is -3.47. The van der Waals surface area contributed by atoms with Gasteiger partial charge in [-0.15, -0.1) is 21.6 Å². The number of nitrogens with zero attached hydrogens (tertiary/aromatic N) is 3. The number of nitrogens with one attached hydrogen (secondary N) is 1. The van der Waals surface area contributed by atoms with Crippen LogP contribution in [0.4, 0.5) is 22.1 Å². The van der Waals surface area contributed by atoms with Gasteiger partial charge in [0, 0.05) is 26.1 Å². The average Bonchev–Trinajstić information content (AvgIpc) is 3.39. The van der Waals surface area contributed by atoms with E-state index in [1.807, 2.05) is 6.07 Å². The summed E-state index contributed by atoms with van der Waals surface area (Å²) in [5.74, 6) is 0.257. The lowest BCUT2D eigenvalue weighted by molar-refractivity contribution is -0.114. The number of hydrogen-bond donors (Lipinski definition) is 1. The van der Waals surface area contributed by atoms with Crippen molar-refractivity contribution < 1.29 is 28.6 Å². The second kappa shape index (κ2) is 20.7. The van der Waals surface area contributed by atoms with E-state index in [0.29, 0.717) is 34.5 Å². The maximum Gasteiger partial charge on any atom is 0.348 e. The van der Waals surface area contributed by atoms with Crippen LogP contribution in [-0.2, 0) is 14.3 Å². The topological polar surface area (TPSA) is 119 Å². The Balaban J connectivity index is 2.71. The Morgan fingerprint density at radius 3 is 1.94 bits per heavy atom. The smallest absolute Gasteiger partial charge is 0.348 e. The van der Waals surface area contributed by atoms with E-state index in [1.165, 1.54) is 19.8 Å². The van der Waals surface area contributed by atoms with Crippen molar-refractivity contribution in [3.05, 3.63) is 28.1 Å².